The van der Waals surface area contributed by atoms with Crippen molar-refractivity contribution in [2.75, 3.05) is 10.6 Å². The van der Waals surface area contributed by atoms with Gasteiger partial charge in [0.2, 0.25) is 5.91 Å². The van der Waals surface area contributed by atoms with Crippen molar-refractivity contribution >= 4 is 23.3 Å². The van der Waals surface area contributed by atoms with E-state index in [9.17, 15) is 9.59 Å². The Bertz CT molecular complexity index is 642. The Morgan fingerprint density at radius 1 is 0.783 bits per heavy atom. The van der Waals surface area contributed by atoms with Crippen molar-refractivity contribution in [2.24, 2.45) is 5.92 Å². The highest BCUT2D eigenvalue weighted by Gasteiger charge is 2.24. The molecule has 0 aliphatic heterocycles. The third-order valence-electron chi connectivity index (χ3n) is 3.31. The van der Waals surface area contributed by atoms with Gasteiger partial charge < -0.3 is 16.0 Å². The van der Waals surface area contributed by atoms with E-state index in [4.69, 9.17) is 0 Å². The number of nitrogens with one attached hydrogen (secondary N) is 3. The van der Waals surface area contributed by atoms with Gasteiger partial charge in [0.05, 0.1) is 0 Å². The van der Waals surface area contributed by atoms with E-state index >= 15 is 0 Å². The molecule has 3 amide bonds. The van der Waals surface area contributed by atoms with E-state index in [0.717, 1.165) is 0 Å². The number of amides is 3. The van der Waals surface area contributed by atoms with Crippen LogP contribution in [-0.4, -0.2) is 18.0 Å². The summed E-state index contributed by atoms with van der Waals surface area (Å²) in [5.41, 5.74) is 1.38. The number of hydrogen-bond donors (Lipinski definition) is 3. The zero-order chi connectivity index (χ0) is 16.7. The first-order chi connectivity index (χ1) is 11.1. The molecule has 0 spiro atoms. The van der Waals surface area contributed by atoms with Crippen LogP contribution in [0.4, 0.5) is 16.2 Å². The maximum atomic E-state index is 12.4. The fourth-order valence-corrected chi connectivity index (χ4v) is 2.11. The molecule has 5 heteroatoms. The summed E-state index contributed by atoms with van der Waals surface area (Å²) in [7, 11) is 0. The molecule has 2 aromatic carbocycles. The Morgan fingerprint density at radius 2 is 1.26 bits per heavy atom. The maximum Gasteiger partial charge on any atom is 0.319 e. The highest BCUT2D eigenvalue weighted by atomic mass is 16.2. The third-order valence-corrected chi connectivity index (χ3v) is 3.31. The Hall–Kier alpha value is -2.82. The van der Waals surface area contributed by atoms with Crippen LogP contribution in [-0.2, 0) is 4.79 Å². The molecule has 0 bridgehead atoms. The van der Waals surface area contributed by atoms with E-state index in [1.807, 2.05) is 50.2 Å². The van der Waals surface area contributed by atoms with E-state index < -0.39 is 12.1 Å². The molecule has 23 heavy (non-hydrogen) atoms. The number of benzene rings is 2. The lowest BCUT2D eigenvalue weighted by Gasteiger charge is -2.22. The minimum absolute atomic E-state index is 0.0414. The molecule has 2 rings (SSSR count). The average Bonchev–Trinajstić information content (AvgIpc) is 2.54. The molecule has 5 nitrogen and oxygen atoms in total. The van der Waals surface area contributed by atoms with Gasteiger partial charge in [-0.1, -0.05) is 50.2 Å². The maximum absolute atomic E-state index is 12.4. The quantitative estimate of drug-likeness (QED) is 0.791. The van der Waals surface area contributed by atoms with Crippen molar-refractivity contribution in [3.63, 3.8) is 0 Å². The monoisotopic (exact) mass is 311 g/mol. The van der Waals surface area contributed by atoms with Crippen LogP contribution in [0.2, 0.25) is 0 Å². The summed E-state index contributed by atoms with van der Waals surface area (Å²) in [5.74, 6) is -0.283. The first-order valence-electron chi connectivity index (χ1n) is 7.54. The van der Waals surface area contributed by atoms with E-state index in [1.54, 1.807) is 24.3 Å². The highest BCUT2D eigenvalue weighted by molar-refractivity contribution is 5.99. The SMILES string of the molecule is CC(C)[C@@H](NC(=O)Nc1ccccc1)C(=O)Nc1ccccc1. The van der Waals surface area contributed by atoms with Crippen molar-refractivity contribution in [3.8, 4) is 0 Å². The van der Waals surface area contributed by atoms with Gasteiger partial charge in [-0.15, -0.1) is 0 Å². The highest BCUT2D eigenvalue weighted by Crippen LogP contribution is 2.10. The summed E-state index contributed by atoms with van der Waals surface area (Å²) < 4.78 is 0. The molecular weight excluding hydrogens is 290 g/mol. The third kappa shape index (κ3) is 5.14. The number of carbonyl (C=O) groups is 2. The van der Waals surface area contributed by atoms with Gasteiger partial charge >= 0.3 is 6.03 Å². The smallest absolute Gasteiger partial charge is 0.319 e. The summed E-state index contributed by atoms with van der Waals surface area (Å²) in [5, 5.41) is 8.25. The molecule has 0 radical (unpaired) electrons. The van der Waals surface area contributed by atoms with Crippen LogP contribution in [0, 0.1) is 5.92 Å². The molecule has 0 unspecified atom stereocenters. The molecule has 3 N–H and O–H groups in total. The van der Waals surface area contributed by atoms with Crippen LogP contribution in [0.1, 0.15) is 13.8 Å². The number of anilines is 2. The predicted octanol–water partition coefficient (Wildman–Crippen LogP) is 3.47. The Morgan fingerprint density at radius 3 is 1.74 bits per heavy atom. The molecule has 0 fully saturated rings. The molecule has 0 aliphatic rings. The van der Waals surface area contributed by atoms with Gasteiger partial charge in [0.15, 0.2) is 0 Å². The minimum Gasteiger partial charge on any atom is -0.326 e. The Labute approximate surface area is 136 Å². The molecular formula is C18H21N3O2. The molecule has 2 aromatic rings. The van der Waals surface area contributed by atoms with Crippen LogP contribution in [0.25, 0.3) is 0 Å². The normalized spacial score (nSPS) is 11.6. The Balaban J connectivity index is 1.98. The van der Waals surface area contributed by atoms with Gasteiger partial charge in [-0.3, -0.25) is 4.79 Å². The summed E-state index contributed by atoms with van der Waals surface area (Å²) >= 11 is 0. The second kappa shape index (κ2) is 7.98. The first-order valence-corrected chi connectivity index (χ1v) is 7.54. The second-order valence-corrected chi connectivity index (χ2v) is 5.54. The average molecular weight is 311 g/mol. The molecule has 0 saturated heterocycles. The van der Waals surface area contributed by atoms with Gasteiger partial charge in [0.25, 0.3) is 0 Å². The van der Waals surface area contributed by atoms with Gasteiger partial charge in [0.1, 0.15) is 6.04 Å². The number of para-hydroxylation sites is 2. The van der Waals surface area contributed by atoms with Crippen LogP contribution in [0.3, 0.4) is 0 Å². The fraction of sp³-hybridized carbons (Fsp3) is 0.222. The second-order valence-electron chi connectivity index (χ2n) is 5.54. The van der Waals surface area contributed by atoms with Crippen molar-refractivity contribution in [1.29, 1.82) is 0 Å². The van der Waals surface area contributed by atoms with Crippen LogP contribution in [0.15, 0.2) is 60.7 Å². The molecule has 0 aliphatic carbocycles. The van der Waals surface area contributed by atoms with Crippen LogP contribution in [0.5, 0.6) is 0 Å². The molecule has 1 atom stereocenters. The number of hydrogen-bond acceptors (Lipinski definition) is 2. The topological polar surface area (TPSA) is 70.2 Å². The summed E-state index contributed by atoms with van der Waals surface area (Å²) in [6.07, 6.45) is 0. The minimum atomic E-state index is -0.626. The summed E-state index contributed by atoms with van der Waals surface area (Å²) in [4.78, 5) is 24.5. The summed E-state index contributed by atoms with van der Waals surface area (Å²) in [6.45, 7) is 3.77. The lowest BCUT2D eigenvalue weighted by molar-refractivity contribution is -0.118. The predicted molar refractivity (Wildman–Crippen MR) is 92.3 cm³/mol. The lowest BCUT2D eigenvalue weighted by atomic mass is 10.0. The first kappa shape index (κ1) is 16.5. The molecule has 0 saturated carbocycles. The van der Waals surface area contributed by atoms with E-state index in [-0.39, 0.29) is 11.8 Å². The van der Waals surface area contributed by atoms with E-state index in [2.05, 4.69) is 16.0 Å². The number of rotatable bonds is 5. The van der Waals surface area contributed by atoms with Crippen molar-refractivity contribution in [3.05, 3.63) is 60.7 Å². The van der Waals surface area contributed by atoms with Gasteiger partial charge in [-0.05, 0) is 30.2 Å². The lowest BCUT2D eigenvalue weighted by Crippen LogP contribution is -2.48. The summed E-state index contributed by atoms with van der Waals surface area (Å²) in [6, 6.07) is 17.2. The van der Waals surface area contributed by atoms with Crippen molar-refractivity contribution in [1.82, 2.24) is 5.32 Å². The fourth-order valence-electron chi connectivity index (χ4n) is 2.11. The van der Waals surface area contributed by atoms with Crippen LogP contribution >= 0.6 is 0 Å². The molecule has 0 aromatic heterocycles. The standard InChI is InChI=1S/C18H21N3O2/c1-13(2)16(17(22)19-14-9-5-3-6-10-14)21-18(23)20-15-11-7-4-8-12-15/h3-13,16H,1-2H3,(H,19,22)(H2,20,21,23)/t16-/m1/s1. The largest absolute Gasteiger partial charge is 0.326 e. The zero-order valence-corrected chi connectivity index (χ0v) is 13.2. The zero-order valence-electron chi connectivity index (χ0n) is 13.2. The van der Waals surface area contributed by atoms with Gasteiger partial charge in [0, 0.05) is 11.4 Å². The van der Waals surface area contributed by atoms with E-state index in [0.29, 0.717) is 11.4 Å². The van der Waals surface area contributed by atoms with E-state index in [1.165, 1.54) is 0 Å². The van der Waals surface area contributed by atoms with Crippen LogP contribution < -0.4 is 16.0 Å². The molecule has 0 heterocycles. The number of carbonyl (C=O) groups excluding carboxylic acids is 2. The van der Waals surface area contributed by atoms with Gasteiger partial charge in [-0.25, -0.2) is 4.79 Å². The Kier molecular flexibility index (Phi) is 5.74. The van der Waals surface area contributed by atoms with Crippen molar-refractivity contribution in [2.45, 2.75) is 19.9 Å². The van der Waals surface area contributed by atoms with Gasteiger partial charge in [-0.2, -0.15) is 0 Å². The molecule has 120 valence electrons. The number of urea groups is 1. The van der Waals surface area contributed by atoms with Crippen molar-refractivity contribution < 1.29 is 9.59 Å².